The Labute approximate surface area is 190 Å². The second kappa shape index (κ2) is 7.75. The molecule has 1 aliphatic carbocycles. The Morgan fingerprint density at radius 3 is 2.41 bits per heavy atom. The molecule has 3 heterocycles. The van der Waals surface area contributed by atoms with Crippen molar-refractivity contribution in [2.24, 2.45) is 5.41 Å². The summed E-state index contributed by atoms with van der Waals surface area (Å²) in [4.78, 5) is 31.1. The molecule has 6 heteroatoms. The van der Waals surface area contributed by atoms with Gasteiger partial charge < -0.3 is 9.80 Å². The van der Waals surface area contributed by atoms with Crippen molar-refractivity contribution >= 4 is 11.8 Å². The lowest BCUT2D eigenvalue weighted by Gasteiger charge is -2.53. The van der Waals surface area contributed by atoms with Crippen LogP contribution in [0.15, 0.2) is 36.4 Å². The van der Waals surface area contributed by atoms with Crippen LogP contribution < -0.4 is 0 Å². The summed E-state index contributed by atoms with van der Waals surface area (Å²) in [5, 5.41) is 4.55. The molecular weight excluding hydrogens is 400 g/mol. The first kappa shape index (κ1) is 21.2. The average molecular weight is 435 g/mol. The Morgan fingerprint density at radius 2 is 1.78 bits per heavy atom. The fourth-order valence-corrected chi connectivity index (χ4v) is 7.04. The molecule has 6 nitrogen and oxygen atoms in total. The summed E-state index contributed by atoms with van der Waals surface area (Å²) in [6.07, 6.45) is 4.88. The minimum atomic E-state index is -0.0352. The number of nitrogens with zero attached hydrogens (tertiary/aromatic N) is 4. The van der Waals surface area contributed by atoms with Gasteiger partial charge in [-0.1, -0.05) is 37.3 Å². The second-order valence-corrected chi connectivity index (χ2v) is 10.3. The second-order valence-electron chi connectivity index (χ2n) is 10.3. The molecule has 2 bridgehead atoms. The van der Waals surface area contributed by atoms with Gasteiger partial charge in [0.2, 0.25) is 11.8 Å². The molecule has 3 fully saturated rings. The first-order chi connectivity index (χ1) is 15.3. The van der Waals surface area contributed by atoms with E-state index in [0.717, 1.165) is 43.5 Å². The van der Waals surface area contributed by atoms with E-state index >= 15 is 0 Å². The van der Waals surface area contributed by atoms with Crippen LogP contribution in [0.25, 0.3) is 0 Å². The van der Waals surface area contributed by atoms with E-state index in [1.54, 1.807) is 6.92 Å². The van der Waals surface area contributed by atoms with Crippen LogP contribution in [0, 0.1) is 19.3 Å². The molecule has 2 saturated heterocycles. The molecule has 170 valence electrons. The Hall–Kier alpha value is -2.63. The summed E-state index contributed by atoms with van der Waals surface area (Å²) >= 11 is 0. The Morgan fingerprint density at radius 1 is 1.09 bits per heavy atom. The van der Waals surface area contributed by atoms with Crippen LogP contribution in [0.4, 0.5) is 0 Å². The zero-order valence-corrected chi connectivity index (χ0v) is 19.6. The molecule has 2 amide bonds. The number of rotatable bonds is 4. The molecule has 0 N–H and O–H groups in total. The maximum absolute atomic E-state index is 13.9. The van der Waals surface area contributed by atoms with E-state index in [2.05, 4.69) is 46.1 Å². The summed E-state index contributed by atoms with van der Waals surface area (Å²) < 4.78 is 1.83. The van der Waals surface area contributed by atoms with Gasteiger partial charge >= 0.3 is 0 Å². The Balaban J connectivity index is 1.56. The molecule has 3 aliphatic rings. The highest BCUT2D eigenvalue weighted by molar-refractivity contribution is 5.79. The van der Waals surface area contributed by atoms with Crippen molar-refractivity contribution in [3.8, 4) is 0 Å². The lowest BCUT2D eigenvalue weighted by Crippen LogP contribution is -2.63. The van der Waals surface area contributed by atoms with Crippen LogP contribution >= 0.6 is 0 Å². The smallest absolute Gasteiger partial charge is 0.244 e. The van der Waals surface area contributed by atoms with Gasteiger partial charge in [0.15, 0.2) is 0 Å². The number of aromatic nitrogens is 2. The quantitative estimate of drug-likeness (QED) is 0.740. The van der Waals surface area contributed by atoms with E-state index in [1.165, 1.54) is 5.56 Å². The zero-order valence-electron chi connectivity index (χ0n) is 19.6. The lowest BCUT2D eigenvalue weighted by molar-refractivity contribution is -0.146. The number of carbonyl (C=O) groups excluding carboxylic acids is 2. The number of carbonyl (C=O) groups is 2. The van der Waals surface area contributed by atoms with Crippen LogP contribution in [0.2, 0.25) is 0 Å². The van der Waals surface area contributed by atoms with Crippen molar-refractivity contribution in [3.63, 3.8) is 0 Å². The van der Waals surface area contributed by atoms with Crippen LogP contribution in [0.5, 0.6) is 0 Å². The van der Waals surface area contributed by atoms with Crippen LogP contribution in [0.3, 0.4) is 0 Å². The minimum absolute atomic E-state index is 0.00746. The van der Waals surface area contributed by atoms with Crippen molar-refractivity contribution in [2.45, 2.75) is 90.5 Å². The van der Waals surface area contributed by atoms with Crippen molar-refractivity contribution in [1.82, 2.24) is 19.6 Å². The first-order valence-electron chi connectivity index (χ1n) is 11.9. The fourth-order valence-electron chi connectivity index (χ4n) is 7.04. The largest absolute Gasteiger partial charge is 0.334 e. The number of likely N-dealkylation sites (tertiary alicyclic amines) is 2. The van der Waals surface area contributed by atoms with E-state index in [4.69, 9.17) is 0 Å². The van der Waals surface area contributed by atoms with Gasteiger partial charge in [0.25, 0.3) is 0 Å². The molecule has 2 aliphatic heterocycles. The average Bonchev–Trinajstić information content (AvgIpc) is 3.23. The third-order valence-electron chi connectivity index (χ3n) is 8.28. The molecule has 5 atom stereocenters. The number of piperidine rings is 1. The third kappa shape index (κ3) is 3.26. The van der Waals surface area contributed by atoms with E-state index in [-0.39, 0.29) is 47.9 Å². The predicted molar refractivity (Wildman–Crippen MR) is 123 cm³/mol. The summed E-state index contributed by atoms with van der Waals surface area (Å²) in [5.41, 5.74) is 3.12. The van der Waals surface area contributed by atoms with Crippen molar-refractivity contribution in [3.05, 3.63) is 53.3 Å². The van der Waals surface area contributed by atoms with Gasteiger partial charge in [-0.15, -0.1) is 0 Å². The zero-order chi connectivity index (χ0) is 22.6. The number of hydrogen-bond acceptors (Lipinski definition) is 3. The molecular formula is C26H34N4O2. The summed E-state index contributed by atoms with van der Waals surface area (Å²) in [5.74, 6) is 0.277. The third-order valence-corrected chi connectivity index (χ3v) is 8.28. The number of hydrogen-bond donors (Lipinski definition) is 0. The minimum Gasteiger partial charge on any atom is -0.334 e. The van der Waals surface area contributed by atoms with Gasteiger partial charge in [-0.2, -0.15) is 5.10 Å². The topological polar surface area (TPSA) is 58.4 Å². The monoisotopic (exact) mass is 434 g/mol. The maximum atomic E-state index is 13.9. The van der Waals surface area contributed by atoms with Gasteiger partial charge in [0.1, 0.15) is 6.54 Å². The Kier molecular flexibility index (Phi) is 5.14. The number of amides is 2. The van der Waals surface area contributed by atoms with Crippen LogP contribution in [0.1, 0.15) is 56.5 Å². The van der Waals surface area contributed by atoms with E-state index in [0.29, 0.717) is 0 Å². The Bertz CT molecular complexity index is 1030. The van der Waals surface area contributed by atoms with Crippen LogP contribution in [-0.4, -0.2) is 55.6 Å². The lowest BCUT2D eigenvalue weighted by atomic mass is 9.64. The molecule has 5 rings (SSSR count). The number of fused-ring (bicyclic) bond motifs is 1. The van der Waals surface area contributed by atoms with Gasteiger partial charge in [-0.05, 0) is 57.6 Å². The van der Waals surface area contributed by atoms with Crippen molar-refractivity contribution in [1.29, 1.82) is 0 Å². The van der Waals surface area contributed by atoms with Gasteiger partial charge in [-0.3, -0.25) is 14.3 Å². The number of aryl methyl sites for hydroxylation is 2. The molecule has 1 aromatic heterocycles. The normalized spacial score (nSPS) is 31.1. The molecule has 1 saturated carbocycles. The SMILES string of the molecule is CC(=O)N1[C@H]2CCC[C@H]3N(C(=O)Cn4nc(C)cc4C)[C@@H](Cc4ccccc4)[C@@H]1C[C@@]23C. The molecule has 1 aromatic carbocycles. The van der Waals surface area contributed by atoms with E-state index < -0.39 is 0 Å². The van der Waals surface area contributed by atoms with E-state index in [1.807, 2.05) is 30.7 Å². The van der Waals surface area contributed by atoms with E-state index in [9.17, 15) is 9.59 Å². The van der Waals surface area contributed by atoms with Crippen molar-refractivity contribution in [2.75, 3.05) is 0 Å². The van der Waals surface area contributed by atoms with Gasteiger partial charge in [-0.25, -0.2) is 0 Å². The van der Waals surface area contributed by atoms with Gasteiger partial charge in [0.05, 0.1) is 17.8 Å². The maximum Gasteiger partial charge on any atom is 0.244 e. The van der Waals surface area contributed by atoms with Crippen molar-refractivity contribution < 1.29 is 9.59 Å². The highest BCUT2D eigenvalue weighted by Crippen LogP contribution is 2.56. The first-order valence-corrected chi connectivity index (χ1v) is 11.9. The number of benzene rings is 1. The standard InChI is InChI=1S/C26H34N4O2/c1-17-13-18(2)28(27-17)16-25(32)30-21(14-20-9-6-5-7-10-20)22-15-26(4)23(29(22)19(3)31)11-8-12-24(26)30/h5-7,9-10,13,21-24H,8,11-12,14-16H2,1-4H3/t21-,22-,23-,24+,26-/m0/s1. The summed E-state index contributed by atoms with van der Waals surface area (Å²) in [7, 11) is 0. The molecule has 32 heavy (non-hydrogen) atoms. The molecule has 2 aromatic rings. The fraction of sp³-hybridized carbons (Fsp3) is 0.577. The predicted octanol–water partition coefficient (Wildman–Crippen LogP) is 3.50. The van der Waals surface area contributed by atoms with Crippen LogP contribution in [-0.2, 0) is 22.6 Å². The highest BCUT2D eigenvalue weighted by atomic mass is 16.2. The highest BCUT2D eigenvalue weighted by Gasteiger charge is 2.64. The summed E-state index contributed by atoms with van der Waals surface area (Å²) in [6, 6.07) is 12.9. The summed E-state index contributed by atoms with van der Waals surface area (Å²) in [6.45, 7) is 8.25. The molecule has 0 unspecified atom stereocenters. The molecule has 0 radical (unpaired) electrons. The van der Waals surface area contributed by atoms with Gasteiger partial charge in [0, 0.05) is 30.1 Å². The molecule has 0 spiro atoms.